The molecule has 0 radical (unpaired) electrons. The molecule has 1 aliphatic rings. The normalized spacial score (nSPS) is 15.3. The summed E-state index contributed by atoms with van der Waals surface area (Å²) in [5, 5.41) is 3.16. The molecule has 0 amide bonds. The van der Waals surface area contributed by atoms with Crippen LogP contribution in [-0.2, 0) is 10.0 Å². The number of aryl methyl sites for hydroxylation is 1. The van der Waals surface area contributed by atoms with Gasteiger partial charge in [-0.25, -0.2) is 23.1 Å². The second-order valence-corrected chi connectivity index (χ2v) is 7.42. The highest BCUT2D eigenvalue weighted by molar-refractivity contribution is 7.89. The predicted molar refractivity (Wildman–Crippen MR) is 88.8 cm³/mol. The Balaban J connectivity index is 1.87. The van der Waals surface area contributed by atoms with Crippen molar-refractivity contribution in [1.82, 2.24) is 14.7 Å². The Hall–Kier alpha value is -1.41. The summed E-state index contributed by atoms with van der Waals surface area (Å²) in [6, 6.07) is 1.93. The zero-order chi connectivity index (χ0) is 16.0. The zero-order valence-electron chi connectivity index (χ0n) is 13.3. The van der Waals surface area contributed by atoms with Gasteiger partial charge in [-0.3, -0.25) is 0 Å². The van der Waals surface area contributed by atoms with Gasteiger partial charge in [0.15, 0.2) is 0 Å². The molecule has 1 aromatic heterocycles. The van der Waals surface area contributed by atoms with Crippen LogP contribution >= 0.6 is 0 Å². The van der Waals surface area contributed by atoms with Crippen LogP contribution in [0, 0.1) is 6.92 Å². The summed E-state index contributed by atoms with van der Waals surface area (Å²) >= 11 is 0. The lowest BCUT2D eigenvalue weighted by atomic mass is 10.4. The van der Waals surface area contributed by atoms with Crippen molar-refractivity contribution in [2.75, 3.05) is 42.1 Å². The van der Waals surface area contributed by atoms with E-state index in [1.165, 1.54) is 12.8 Å². The highest BCUT2D eigenvalue weighted by Gasteiger charge is 2.15. The first-order valence-electron chi connectivity index (χ1n) is 7.82. The molecule has 124 valence electrons. The van der Waals surface area contributed by atoms with Crippen LogP contribution in [0.25, 0.3) is 0 Å². The fourth-order valence-electron chi connectivity index (χ4n) is 2.49. The Morgan fingerprint density at radius 3 is 2.64 bits per heavy atom. The summed E-state index contributed by atoms with van der Waals surface area (Å²) in [7, 11) is -3.15. The van der Waals surface area contributed by atoms with E-state index in [9.17, 15) is 8.42 Å². The first-order chi connectivity index (χ1) is 10.5. The summed E-state index contributed by atoms with van der Waals surface area (Å²) in [5.41, 5.74) is 0. The third-order valence-electron chi connectivity index (χ3n) is 3.48. The van der Waals surface area contributed by atoms with Crippen LogP contribution in [0.3, 0.4) is 0 Å². The molecule has 2 N–H and O–H groups in total. The molecular weight excluding hydrogens is 302 g/mol. The third kappa shape index (κ3) is 5.10. The second-order valence-electron chi connectivity index (χ2n) is 5.49. The van der Waals surface area contributed by atoms with Crippen LogP contribution in [-0.4, -0.2) is 50.3 Å². The van der Waals surface area contributed by atoms with Gasteiger partial charge in [0.1, 0.15) is 17.5 Å². The van der Waals surface area contributed by atoms with Crippen LogP contribution in [0.1, 0.15) is 32.0 Å². The fourth-order valence-corrected chi connectivity index (χ4v) is 3.58. The molecule has 0 unspecified atom stereocenters. The maximum absolute atomic E-state index is 11.6. The van der Waals surface area contributed by atoms with Crippen LogP contribution in [0.2, 0.25) is 0 Å². The van der Waals surface area contributed by atoms with Gasteiger partial charge < -0.3 is 10.2 Å². The lowest BCUT2D eigenvalue weighted by molar-refractivity contribution is 0.581. The first kappa shape index (κ1) is 17.0. The van der Waals surface area contributed by atoms with E-state index in [1.54, 1.807) is 0 Å². The molecule has 1 aliphatic heterocycles. The van der Waals surface area contributed by atoms with Gasteiger partial charge >= 0.3 is 0 Å². The van der Waals surface area contributed by atoms with E-state index < -0.39 is 10.0 Å². The average Bonchev–Trinajstić information content (AvgIpc) is 2.97. The molecule has 0 spiro atoms. The third-order valence-corrected chi connectivity index (χ3v) is 5.07. The number of nitrogens with one attached hydrogen (secondary N) is 2. The van der Waals surface area contributed by atoms with E-state index >= 15 is 0 Å². The Bertz CT molecular complexity index is 585. The Morgan fingerprint density at radius 1 is 1.23 bits per heavy atom. The minimum absolute atomic E-state index is 0.165. The van der Waals surface area contributed by atoms with Crippen LogP contribution in [0.4, 0.5) is 11.6 Å². The molecular formula is C14H25N5O2S. The van der Waals surface area contributed by atoms with Crippen molar-refractivity contribution in [1.29, 1.82) is 0 Å². The van der Waals surface area contributed by atoms with Crippen molar-refractivity contribution in [3.05, 3.63) is 11.9 Å². The first-order valence-corrected chi connectivity index (χ1v) is 9.47. The Labute approximate surface area is 132 Å². The topological polar surface area (TPSA) is 87.2 Å². The van der Waals surface area contributed by atoms with Gasteiger partial charge in [-0.05, 0) is 26.2 Å². The van der Waals surface area contributed by atoms with E-state index in [0.717, 1.165) is 30.5 Å². The Kier molecular flexibility index (Phi) is 5.96. The highest BCUT2D eigenvalue weighted by atomic mass is 32.2. The average molecular weight is 327 g/mol. The number of hydrogen-bond acceptors (Lipinski definition) is 6. The lowest BCUT2D eigenvalue weighted by Gasteiger charge is -2.17. The van der Waals surface area contributed by atoms with E-state index in [-0.39, 0.29) is 5.75 Å². The molecule has 0 aromatic carbocycles. The number of nitrogens with zero attached hydrogens (tertiary/aromatic N) is 3. The van der Waals surface area contributed by atoms with Gasteiger partial charge in [-0.2, -0.15) is 0 Å². The number of rotatable bonds is 8. The fraction of sp³-hybridized carbons (Fsp3) is 0.714. The minimum atomic E-state index is -3.15. The number of anilines is 2. The lowest BCUT2D eigenvalue weighted by Crippen LogP contribution is -2.30. The smallest absolute Gasteiger partial charge is 0.211 e. The largest absolute Gasteiger partial charge is 0.369 e. The quantitative estimate of drug-likeness (QED) is 0.696. The molecule has 1 aromatic rings. The van der Waals surface area contributed by atoms with Gasteiger partial charge in [-0.15, -0.1) is 0 Å². The maximum atomic E-state index is 11.6. The highest BCUT2D eigenvalue weighted by Crippen LogP contribution is 2.20. The Morgan fingerprint density at radius 2 is 1.95 bits per heavy atom. The van der Waals surface area contributed by atoms with Crippen LogP contribution in [0.5, 0.6) is 0 Å². The molecule has 22 heavy (non-hydrogen) atoms. The number of sulfonamides is 1. The molecule has 8 heteroatoms. The summed E-state index contributed by atoms with van der Waals surface area (Å²) in [6.07, 6.45) is 3.02. The molecule has 0 bridgehead atoms. The van der Waals surface area contributed by atoms with Gasteiger partial charge in [-0.1, -0.05) is 6.92 Å². The van der Waals surface area contributed by atoms with Crippen molar-refractivity contribution >= 4 is 21.7 Å². The van der Waals surface area contributed by atoms with Crippen molar-refractivity contribution in [3.63, 3.8) is 0 Å². The second kappa shape index (κ2) is 7.73. The van der Waals surface area contributed by atoms with Crippen LogP contribution in [0.15, 0.2) is 6.07 Å². The monoisotopic (exact) mass is 327 g/mol. The molecule has 2 heterocycles. The van der Waals surface area contributed by atoms with Crippen molar-refractivity contribution in [3.8, 4) is 0 Å². The molecule has 0 aliphatic carbocycles. The summed E-state index contributed by atoms with van der Waals surface area (Å²) in [5.74, 6) is 2.57. The number of aromatic nitrogens is 2. The van der Waals surface area contributed by atoms with Gasteiger partial charge in [0.25, 0.3) is 0 Å². The van der Waals surface area contributed by atoms with E-state index in [0.29, 0.717) is 19.5 Å². The standard InChI is InChI=1S/C14H25N5O2S/c1-3-10-22(20,21)16-7-6-15-13-11-14(18-12(2)17-13)19-8-4-5-9-19/h11,16H,3-10H2,1-2H3,(H,15,17,18). The van der Waals surface area contributed by atoms with E-state index in [2.05, 4.69) is 24.9 Å². The van der Waals surface area contributed by atoms with Gasteiger partial charge in [0.2, 0.25) is 10.0 Å². The summed E-state index contributed by atoms with van der Waals surface area (Å²) < 4.78 is 25.7. The molecule has 2 rings (SSSR count). The molecule has 1 fully saturated rings. The van der Waals surface area contributed by atoms with Gasteiger partial charge in [0.05, 0.1) is 5.75 Å². The zero-order valence-corrected chi connectivity index (χ0v) is 14.1. The minimum Gasteiger partial charge on any atom is -0.369 e. The van der Waals surface area contributed by atoms with E-state index in [4.69, 9.17) is 0 Å². The van der Waals surface area contributed by atoms with Crippen LogP contribution < -0.4 is 14.9 Å². The van der Waals surface area contributed by atoms with Crippen molar-refractivity contribution in [2.24, 2.45) is 0 Å². The van der Waals surface area contributed by atoms with E-state index in [1.807, 2.05) is 19.9 Å². The SMILES string of the molecule is CCCS(=O)(=O)NCCNc1cc(N2CCCC2)nc(C)n1. The van der Waals surface area contributed by atoms with Gasteiger partial charge in [0, 0.05) is 32.2 Å². The molecule has 7 nitrogen and oxygen atoms in total. The summed E-state index contributed by atoms with van der Waals surface area (Å²) in [6.45, 7) is 6.64. The predicted octanol–water partition coefficient (Wildman–Crippen LogP) is 1.13. The number of hydrogen-bond donors (Lipinski definition) is 2. The summed E-state index contributed by atoms with van der Waals surface area (Å²) in [4.78, 5) is 11.1. The molecule has 0 atom stereocenters. The van der Waals surface area contributed by atoms with Crippen molar-refractivity contribution < 1.29 is 8.42 Å². The van der Waals surface area contributed by atoms with Crippen molar-refractivity contribution in [2.45, 2.75) is 33.1 Å². The molecule has 0 saturated carbocycles. The maximum Gasteiger partial charge on any atom is 0.211 e. The molecule has 1 saturated heterocycles.